The summed E-state index contributed by atoms with van der Waals surface area (Å²) in [5.41, 5.74) is 3.87. The molecule has 2 rings (SSSR count). The van der Waals surface area contributed by atoms with Gasteiger partial charge in [-0.3, -0.25) is 4.79 Å². The van der Waals surface area contributed by atoms with Crippen LogP contribution in [0.25, 0.3) is 0 Å². The van der Waals surface area contributed by atoms with E-state index in [0.717, 1.165) is 16.8 Å². The molecule has 11 heteroatoms. The van der Waals surface area contributed by atoms with E-state index in [-0.39, 0.29) is 23.7 Å². The number of rotatable bonds is 14. The highest BCUT2D eigenvalue weighted by atomic mass is 16.7. The summed E-state index contributed by atoms with van der Waals surface area (Å²) in [6.45, 7) is 8.63. The van der Waals surface area contributed by atoms with Crippen LogP contribution in [0.3, 0.4) is 0 Å². The Morgan fingerprint density at radius 3 is 2.33 bits per heavy atom. The number of pyridine rings is 1. The van der Waals surface area contributed by atoms with Crippen molar-refractivity contribution >= 4 is 0 Å². The Morgan fingerprint density at radius 1 is 1.05 bits per heavy atom. The third kappa shape index (κ3) is 9.11. The van der Waals surface area contributed by atoms with Gasteiger partial charge in [-0.15, -0.1) is 0 Å². The van der Waals surface area contributed by atoms with E-state index in [2.05, 4.69) is 4.98 Å². The first-order valence-corrected chi connectivity index (χ1v) is 14.0. The van der Waals surface area contributed by atoms with Gasteiger partial charge in [-0.1, -0.05) is 48.5 Å². The monoisotopic (exact) mass is 593 g/mol. The lowest BCUT2D eigenvalue weighted by Gasteiger charge is -2.41. The maximum atomic E-state index is 12.6. The minimum absolute atomic E-state index is 0.154. The highest BCUT2D eigenvalue weighted by Gasteiger charge is 2.45. The van der Waals surface area contributed by atoms with Gasteiger partial charge in [0.15, 0.2) is 6.29 Å². The first-order chi connectivity index (χ1) is 19.9. The van der Waals surface area contributed by atoms with Crippen molar-refractivity contribution in [3.63, 3.8) is 0 Å². The second-order valence-electron chi connectivity index (χ2n) is 10.6. The Hall–Kier alpha value is -2.77. The lowest BCUT2D eigenvalue weighted by molar-refractivity contribution is -0.310. The molecule has 0 amide bonds. The number of allylic oxidation sites excluding steroid dienone is 5. The number of aliphatic hydroxyl groups excluding tert-OH is 5. The summed E-state index contributed by atoms with van der Waals surface area (Å²) in [6.07, 6.45) is 3.27. The lowest BCUT2D eigenvalue weighted by atomic mass is 9.94. The molecule has 0 aromatic carbocycles. The Labute approximate surface area is 247 Å². The first kappa shape index (κ1) is 35.4. The number of methoxy groups -OCH3 is 2. The normalized spacial score (nSPS) is 25.5. The van der Waals surface area contributed by atoms with Crippen LogP contribution in [0.1, 0.15) is 45.4 Å². The van der Waals surface area contributed by atoms with Crippen molar-refractivity contribution in [3.8, 4) is 11.6 Å². The minimum Gasteiger partial charge on any atom is -0.488 e. The number of aromatic nitrogens is 1. The van der Waals surface area contributed by atoms with Crippen molar-refractivity contribution in [1.82, 2.24) is 4.98 Å². The second-order valence-corrected chi connectivity index (χ2v) is 10.6. The largest absolute Gasteiger partial charge is 0.488 e. The highest BCUT2D eigenvalue weighted by molar-refractivity contribution is 5.40. The summed E-state index contributed by atoms with van der Waals surface area (Å²) in [7, 11) is 2.91. The van der Waals surface area contributed by atoms with Gasteiger partial charge in [0, 0.05) is 23.6 Å². The topological polar surface area (TPSA) is 171 Å². The van der Waals surface area contributed by atoms with Gasteiger partial charge >= 0.3 is 0 Å². The van der Waals surface area contributed by atoms with E-state index in [9.17, 15) is 30.3 Å². The van der Waals surface area contributed by atoms with E-state index in [0.29, 0.717) is 29.9 Å². The fourth-order valence-electron chi connectivity index (χ4n) is 4.81. The Morgan fingerprint density at radius 2 is 1.74 bits per heavy atom. The van der Waals surface area contributed by atoms with Crippen LogP contribution < -0.4 is 14.9 Å². The molecule has 1 aliphatic rings. The van der Waals surface area contributed by atoms with Gasteiger partial charge in [-0.05, 0) is 39.7 Å². The summed E-state index contributed by atoms with van der Waals surface area (Å²) in [5.74, 6) is 0.217. The van der Waals surface area contributed by atoms with E-state index in [1.165, 1.54) is 14.2 Å². The molecule has 0 radical (unpaired) electrons. The second kappa shape index (κ2) is 16.8. The van der Waals surface area contributed by atoms with Crippen LogP contribution in [-0.2, 0) is 15.9 Å². The number of hydrogen-bond donors (Lipinski definition) is 6. The first-order valence-electron chi connectivity index (χ1n) is 14.0. The average Bonchev–Trinajstić information content (AvgIpc) is 2.96. The molecule has 1 aromatic heterocycles. The molecule has 0 spiro atoms. The summed E-state index contributed by atoms with van der Waals surface area (Å²) in [4.78, 5) is 15.7. The number of nitrogens with one attached hydrogen (secondary N) is 1. The molecule has 6 N–H and O–H groups in total. The van der Waals surface area contributed by atoms with E-state index >= 15 is 0 Å². The van der Waals surface area contributed by atoms with Crippen LogP contribution in [0.2, 0.25) is 0 Å². The molecule has 7 atom stereocenters. The molecule has 11 nitrogen and oxygen atoms in total. The van der Waals surface area contributed by atoms with E-state index in [1.54, 1.807) is 19.9 Å². The molecule has 0 unspecified atom stereocenters. The van der Waals surface area contributed by atoms with E-state index in [1.807, 2.05) is 45.1 Å². The maximum Gasteiger partial charge on any atom is 0.238 e. The van der Waals surface area contributed by atoms with Gasteiger partial charge in [0.25, 0.3) is 0 Å². The predicted molar refractivity (Wildman–Crippen MR) is 159 cm³/mol. The molecule has 236 valence electrons. The SMILES string of the molecule is COc1[nH]c(C/C=C(/C)C/C=C\C(C)=C/[C@@H](C)[C@@H](O[C@@H]2O[C@H](CO)[C@@H](O)[C@H](O)[C@H]2O)/C(C)=C\CO)c(C)c(=O)c1OC. The summed E-state index contributed by atoms with van der Waals surface area (Å²) < 4.78 is 22.0. The third-order valence-electron chi connectivity index (χ3n) is 7.35. The van der Waals surface area contributed by atoms with Crippen molar-refractivity contribution in [1.29, 1.82) is 0 Å². The smallest absolute Gasteiger partial charge is 0.238 e. The number of hydrogen-bond acceptors (Lipinski definition) is 10. The van der Waals surface area contributed by atoms with Crippen LogP contribution in [-0.4, -0.2) is 94.8 Å². The molecule has 0 saturated carbocycles. The van der Waals surface area contributed by atoms with Gasteiger partial charge < -0.3 is 49.5 Å². The van der Waals surface area contributed by atoms with Gasteiger partial charge in [0.1, 0.15) is 24.4 Å². The number of ether oxygens (including phenoxy) is 4. The highest BCUT2D eigenvalue weighted by Crippen LogP contribution is 2.28. The van der Waals surface area contributed by atoms with Crippen molar-refractivity contribution in [3.05, 3.63) is 68.6 Å². The van der Waals surface area contributed by atoms with Crippen LogP contribution in [0.4, 0.5) is 0 Å². The maximum absolute atomic E-state index is 12.6. The quantitative estimate of drug-likeness (QED) is 0.138. The Kier molecular flexibility index (Phi) is 14.1. The van der Waals surface area contributed by atoms with Gasteiger partial charge in [0.05, 0.1) is 33.5 Å². The zero-order valence-corrected chi connectivity index (χ0v) is 25.5. The summed E-state index contributed by atoms with van der Waals surface area (Å²) in [6, 6.07) is 0. The molecule has 0 bridgehead atoms. The average molecular weight is 594 g/mol. The molecule has 0 aliphatic carbocycles. The van der Waals surface area contributed by atoms with Crippen LogP contribution in [0.15, 0.2) is 51.9 Å². The summed E-state index contributed by atoms with van der Waals surface area (Å²) in [5, 5.41) is 49.6. The number of aliphatic hydroxyl groups is 5. The zero-order valence-electron chi connectivity index (χ0n) is 25.5. The van der Waals surface area contributed by atoms with E-state index in [4.69, 9.17) is 18.9 Å². The molecule has 1 fully saturated rings. The molecule has 1 aliphatic heterocycles. The molecule has 42 heavy (non-hydrogen) atoms. The van der Waals surface area contributed by atoms with Crippen molar-refractivity contribution in [2.75, 3.05) is 27.4 Å². The van der Waals surface area contributed by atoms with E-state index < -0.39 is 43.4 Å². The fraction of sp³-hybridized carbons (Fsp3) is 0.581. The van der Waals surface area contributed by atoms with Crippen LogP contribution in [0, 0.1) is 12.8 Å². The minimum atomic E-state index is -1.55. The number of aromatic amines is 1. The summed E-state index contributed by atoms with van der Waals surface area (Å²) >= 11 is 0. The Balaban J connectivity index is 2.12. The fourth-order valence-corrected chi connectivity index (χ4v) is 4.81. The molecular formula is C31H47NO10. The van der Waals surface area contributed by atoms with Crippen molar-refractivity contribution in [2.24, 2.45) is 5.92 Å². The van der Waals surface area contributed by atoms with Gasteiger partial charge in [-0.2, -0.15) is 0 Å². The molecular weight excluding hydrogens is 546 g/mol. The zero-order chi connectivity index (χ0) is 31.6. The van der Waals surface area contributed by atoms with Crippen molar-refractivity contribution in [2.45, 2.75) is 84.3 Å². The Bertz CT molecular complexity index is 1200. The molecule has 1 aromatic rings. The predicted octanol–water partition coefficient (Wildman–Crippen LogP) is 1.84. The lowest BCUT2D eigenvalue weighted by Crippen LogP contribution is -2.60. The number of H-pyrrole nitrogens is 1. The third-order valence-corrected chi connectivity index (χ3v) is 7.35. The molecule has 1 saturated heterocycles. The van der Waals surface area contributed by atoms with Crippen LogP contribution >= 0.6 is 0 Å². The van der Waals surface area contributed by atoms with Gasteiger partial charge in [-0.25, -0.2) is 0 Å². The van der Waals surface area contributed by atoms with Crippen molar-refractivity contribution < 1.29 is 44.5 Å². The van der Waals surface area contributed by atoms with Gasteiger partial charge in [0.2, 0.25) is 17.1 Å². The molecule has 2 heterocycles. The van der Waals surface area contributed by atoms with Crippen LogP contribution in [0.5, 0.6) is 11.6 Å². The standard InChI is InChI=1S/C31H47NO10/c1-17(11-12-22-21(5)24(35)29(39-6)30(32-22)40-7)9-8-10-18(2)15-20(4)28(19(3)13-14-33)42-31-27(38)26(37)25(36)23(16-34)41-31/h8,10-11,13,15,20,23,25-28,31,33-34,36-38H,9,12,14,16H2,1-7H3,(H,32,35)/b10-8-,17-11-,18-15-,19-13-/t20-,23-,25-,26+,27-,28+,31+/m1/s1.